The van der Waals surface area contributed by atoms with Crippen LogP contribution in [-0.4, -0.2) is 13.4 Å². The van der Waals surface area contributed by atoms with Crippen molar-refractivity contribution in [2.45, 2.75) is 39.5 Å². The van der Waals surface area contributed by atoms with Gasteiger partial charge in [0.2, 0.25) is 0 Å². The van der Waals surface area contributed by atoms with Crippen molar-refractivity contribution >= 4 is 6.29 Å². The molecule has 0 aliphatic heterocycles. The molecule has 1 rings (SSSR count). The molecule has 2 heteroatoms. The van der Waals surface area contributed by atoms with E-state index in [1.54, 1.807) is 7.11 Å². The molecule has 0 amide bonds. The zero-order valence-corrected chi connectivity index (χ0v) is 10.6. The minimum absolute atomic E-state index is 0.207. The number of methoxy groups -OCH3 is 1. The van der Waals surface area contributed by atoms with Gasteiger partial charge in [0.1, 0.15) is 6.29 Å². The maximum Gasteiger partial charge on any atom is 0.126 e. The molecule has 0 saturated carbocycles. The minimum atomic E-state index is -0.207. The molecule has 2 unspecified atom stereocenters. The molecule has 16 heavy (non-hydrogen) atoms. The molecule has 0 aromatic carbocycles. The Morgan fingerprint density at radius 3 is 2.94 bits per heavy atom. The molecule has 2 nitrogen and oxygen atoms in total. The molecule has 1 aliphatic carbocycles. The van der Waals surface area contributed by atoms with Gasteiger partial charge < -0.3 is 9.53 Å². The second kappa shape index (κ2) is 5.33. The fourth-order valence-electron chi connectivity index (χ4n) is 2.38. The number of allylic oxidation sites excluding steroid dienone is 3. The van der Waals surface area contributed by atoms with Crippen molar-refractivity contribution in [1.29, 1.82) is 0 Å². The number of ether oxygens (including phenoxy) is 1. The molecule has 0 bridgehead atoms. The first-order valence-corrected chi connectivity index (χ1v) is 5.88. The third kappa shape index (κ3) is 2.75. The van der Waals surface area contributed by atoms with Gasteiger partial charge in [-0.05, 0) is 32.1 Å². The Labute approximate surface area is 98.4 Å². The SMILES string of the molecule is C=C(CCC1(C=O)CC=C(C)CC1C)OC. The van der Waals surface area contributed by atoms with Crippen molar-refractivity contribution in [2.24, 2.45) is 11.3 Å². The van der Waals surface area contributed by atoms with Gasteiger partial charge in [-0.25, -0.2) is 0 Å². The third-order valence-electron chi connectivity index (χ3n) is 3.83. The lowest BCUT2D eigenvalue weighted by atomic mass is 9.66. The van der Waals surface area contributed by atoms with E-state index in [-0.39, 0.29) is 5.41 Å². The van der Waals surface area contributed by atoms with Crippen LogP contribution in [0.5, 0.6) is 0 Å². The molecule has 0 saturated heterocycles. The molecule has 1 aliphatic rings. The van der Waals surface area contributed by atoms with Crippen LogP contribution >= 0.6 is 0 Å². The average molecular weight is 222 g/mol. The van der Waals surface area contributed by atoms with Crippen LogP contribution in [0.4, 0.5) is 0 Å². The summed E-state index contributed by atoms with van der Waals surface area (Å²) in [6, 6.07) is 0. The van der Waals surface area contributed by atoms with Crippen molar-refractivity contribution in [3.8, 4) is 0 Å². The maximum absolute atomic E-state index is 11.4. The highest BCUT2D eigenvalue weighted by Crippen LogP contribution is 2.42. The van der Waals surface area contributed by atoms with E-state index in [4.69, 9.17) is 4.74 Å². The van der Waals surface area contributed by atoms with E-state index in [0.29, 0.717) is 5.92 Å². The Hall–Kier alpha value is -1.05. The largest absolute Gasteiger partial charge is 0.502 e. The summed E-state index contributed by atoms with van der Waals surface area (Å²) in [6.07, 6.45) is 6.84. The lowest BCUT2D eigenvalue weighted by Gasteiger charge is -2.37. The van der Waals surface area contributed by atoms with Crippen LogP contribution in [0, 0.1) is 11.3 Å². The summed E-state index contributed by atoms with van der Waals surface area (Å²) >= 11 is 0. The van der Waals surface area contributed by atoms with Gasteiger partial charge in [0, 0.05) is 11.8 Å². The van der Waals surface area contributed by atoms with E-state index in [9.17, 15) is 4.79 Å². The second-order valence-corrected chi connectivity index (χ2v) is 4.95. The molecule has 2 atom stereocenters. The lowest BCUT2D eigenvalue weighted by Crippen LogP contribution is -2.33. The van der Waals surface area contributed by atoms with E-state index in [0.717, 1.165) is 37.7 Å². The first-order valence-electron chi connectivity index (χ1n) is 5.88. The fourth-order valence-corrected chi connectivity index (χ4v) is 2.38. The van der Waals surface area contributed by atoms with Gasteiger partial charge in [-0.15, -0.1) is 0 Å². The molecular weight excluding hydrogens is 200 g/mol. The maximum atomic E-state index is 11.4. The van der Waals surface area contributed by atoms with Gasteiger partial charge in [-0.3, -0.25) is 0 Å². The van der Waals surface area contributed by atoms with Crippen LogP contribution in [0.15, 0.2) is 24.0 Å². The van der Waals surface area contributed by atoms with Crippen molar-refractivity contribution < 1.29 is 9.53 Å². The Balaban J connectivity index is 2.70. The predicted molar refractivity (Wildman–Crippen MR) is 66.0 cm³/mol. The predicted octanol–water partition coefficient (Wildman–Crippen LogP) is 3.49. The number of hydrogen-bond donors (Lipinski definition) is 0. The average Bonchev–Trinajstić information content (AvgIpc) is 2.28. The summed E-state index contributed by atoms with van der Waals surface area (Å²) in [7, 11) is 1.63. The molecule has 90 valence electrons. The van der Waals surface area contributed by atoms with Crippen molar-refractivity contribution in [3.63, 3.8) is 0 Å². The number of rotatable bonds is 5. The van der Waals surface area contributed by atoms with Gasteiger partial charge >= 0.3 is 0 Å². The molecule has 0 fully saturated rings. The van der Waals surface area contributed by atoms with Crippen LogP contribution in [-0.2, 0) is 9.53 Å². The quantitative estimate of drug-likeness (QED) is 0.404. The zero-order chi connectivity index (χ0) is 12.2. The highest BCUT2D eigenvalue weighted by molar-refractivity contribution is 5.61. The van der Waals surface area contributed by atoms with Gasteiger partial charge in [-0.1, -0.05) is 25.2 Å². The molecule has 0 N–H and O–H groups in total. The summed E-state index contributed by atoms with van der Waals surface area (Å²) in [6.45, 7) is 8.11. The van der Waals surface area contributed by atoms with Crippen LogP contribution < -0.4 is 0 Å². The summed E-state index contributed by atoms with van der Waals surface area (Å²) in [4.78, 5) is 11.4. The first-order chi connectivity index (χ1) is 7.54. The van der Waals surface area contributed by atoms with Crippen LogP contribution in [0.3, 0.4) is 0 Å². The van der Waals surface area contributed by atoms with Crippen LogP contribution in [0.1, 0.15) is 39.5 Å². The smallest absolute Gasteiger partial charge is 0.126 e. The van der Waals surface area contributed by atoms with E-state index >= 15 is 0 Å². The molecule has 0 aromatic heterocycles. The van der Waals surface area contributed by atoms with Gasteiger partial charge in [0.25, 0.3) is 0 Å². The normalized spacial score (nSPS) is 29.4. The molecule has 0 radical (unpaired) electrons. The first kappa shape index (κ1) is 13.0. The topological polar surface area (TPSA) is 26.3 Å². The molecule has 0 aromatic rings. The van der Waals surface area contributed by atoms with Crippen LogP contribution in [0.2, 0.25) is 0 Å². The number of carbonyl (C=O) groups excluding carboxylic acids is 1. The molecule has 0 heterocycles. The highest BCUT2D eigenvalue weighted by Gasteiger charge is 2.37. The summed E-state index contributed by atoms with van der Waals surface area (Å²) < 4.78 is 5.06. The summed E-state index contributed by atoms with van der Waals surface area (Å²) in [5.74, 6) is 1.18. The minimum Gasteiger partial charge on any atom is -0.502 e. The Morgan fingerprint density at radius 1 is 1.75 bits per heavy atom. The standard InChI is InChI=1S/C14H22O2/c1-11-5-7-14(10-15,12(2)9-11)8-6-13(3)16-4/h5,10,12H,3,6-9H2,1-2,4H3. The zero-order valence-electron chi connectivity index (χ0n) is 10.6. The summed E-state index contributed by atoms with van der Waals surface area (Å²) in [5, 5.41) is 0. The van der Waals surface area contributed by atoms with E-state index in [2.05, 4.69) is 26.5 Å². The Bertz CT molecular complexity index is 304. The van der Waals surface area contributed by atoms with Crippen molar-refractivity contribution in [1.82, 2.24) is 0 Å². The number of aldehydes is 1. The number of carbonyl (C=O) groups is 1. The summed E-state index contributed by atoms with van der Waals surface area (Å²) in [5.41, 5.74) is 1.19. The van der Waals surface area contributed by atoms with Gasteiger partial charge in [0.15, 0.2) is 0 Å². The van der Waals surface area contributed by atoms with Crippen molar-refractivity contribution in [3.05, 3.63) is 24.0 Å². The fraction of sp³-hybridized carbons (Fsp3) is 0.643. The van der Waals surface area contributed by atoms with Gasteiger partial charge in [-0.2, -0.15) is 0 Å². The van der Waals surface area contributed by atoms with Crippen molar-refractivity contribution in [2.75, 3.05) is 7.11 Å². The van der Waals surface area contributed by atoms with E-state index in [1.165, 1.54) is 5.57 Å². The van der Waals surface area contributed by atoms with E-state index in [1.807, 2.05) is 0 Å². The Kier molecular flexibility index (Phi) is 4.34. The second-order valence-electron chi connectivity index (χ2n) is 4.95. The molecular formula is C14H22O2. The Morgan fingerprint density at radius 2 is 2.44 bits per heavy atom. The number of hydrogen-bond acceptors (Lipinski definition) is 2. The van der Waals surface area contributed by atoms with Crippen LogP contribution in [0.25, 0.3) is 0 Å². The van der Waals surface area contributed by atoms with E-state index < -0.39 is 0 Å². The third-order valence-corrected chi connectivity index (χ3v) is 3.83. The lowest BCUT2D eigenvalue weighted by molar-refractivity contribution is -0.119. The highest BCUT2D eigenvalue weighted by atomic mass is 16.5. The van der Waals surface area contributed by atoms with Gasteiger partial charge in [0.05, 0.1) is 12.9 Å². The monoisotopic (exact) mass is 222 g/mol. The molecule has 0 spiro atoms.